The average Bonchev–Trinajstić information content (AvgIpc) is 3.96. The summed E-state index contributed by atoms with van der Waals surface area (Å²) in [6.45, 7) is 0. The fourth-order valence-electron chi connectivity index (χ4n) is 11.2. The fourth-order valence-corrected chi connectivity index (χ4v) is 11.2. The molecule has 15 aromatic rings. The largest absolute Gasteiger partial charge is 0.456 e. The lowest BCUT2D eigenvalue weighted by molar-refractivity contribution is 0.669. The van der Waals surface area contributed by atoms with Gasteiger partial charge in [-0.3, -0.25) is 0 Å². The van der Waals surface area contributed by atoms with Gasteiger partial charge in [-0.1, -0.05) is 176 Å². The number of rotatable bonds is 5. The maximum atomic E-state index is 6.73. The average molecular weight is 891 g/mol. The van der Waals surface area contributed by atoms with E-state index in [1.54, 1.807) is 0 Å². The number of nitrogens with zero attached hydrogens (tertiary/aromatic N) is 4. The molecule has 0 saturated heterocycles. The van der Waals surface area contributed by atoms with Crippen LogP contribution >= 0.6 is 0 Å². The van der Waals surface area contributed by atoms with Crippen LogP contribution in [-0.4, -0.2) is 19.5 Å². The molecule has 0 radical (unpaired) electrons. The van der Waals surface area contributed by atoms with Crippen LogP contribution in [0.15, 0.2) is 235 Å². The van der Waals surface area contributed by atoms with E-state index in [1.165, 1.54) is 48.5 Å². The van der Waals surface area contributed by atoms with Gasteiger partial charge in [0.15, 0.2) is 17.5 Å². The Balaban J connectivity index is 1.04. The summed E-state index contributed by atoms with van der Waals surface area (Å²) in [5.41, 5.74) is 9.82. The third-order valence-corrected chi connectivity index (χ3v) is 14.4. The van der Waals surface area contributed by atoms with Gasteiger partial charge in [0.1, 0.15) is 11.2 Å². The number of hydrogen-bond acceptors (Lipinski definition) is 4. The van der Waals surface area contributed by atoms with Gasteiger partial charge >= 0.3 is 0 Å². The van der Waals surface area contributed by atoms with Gasteiger partial charge in [0.2, 0.25) is 0 Å². The summed E-state index contributed by atoms with van der Waals surface area (Å²) in [5, 5.41) is 16.4. The molecule has 0 aliphatic heterocycles. The Bertz CT molecular complexity index is 4630. The highest BCUT2D eigenvalue weighted by atomic mass is 16.3. The Morgan fingerprint density at radius 3 is 1.56 bits per heavy atom. The number of hydrogen-bond donors (Lipinski definition) is 0. The normalized spacial score (nSPS) is 12.0. The lowest BCUT2D eigenvalue weighted by atomic mass is 9.91. The predicted octanol–water partition coefficient (Wildman–Crippen LogP) is 17.3. The number of furan rings is 1. The molecule has 0 bridgehead atoms. The highest BCUT2D eigenvalue weighted by Gasteiger charge is 2.24. The summed E-state index contributed by atoms with van der Waals surface area (Å²) >= 11 is 0. The topological polar surface area (TPSA) is 56.7 Å². The van der Waals surface area contributed by atoms with E-state index < -0.39 is 0 Å². The lowest BCUT2D eigenvalue weighted by Gasteiger charge is -2.18. The van der Waals surface area contributed by atoms with E-state index in [4.69, 9.17) is 19.4 Å². The minimum atomic E-state index is 0.585. The molecule has 70 heavy (non-hydrogen) atoms. The Morgan fingerprint density at radius 1 is 0.300 bits per heavy atom. The van der Waals surface area contributed by atoms with Crippen molar-refractivity contribution in [2.45, 2.75) is 0 Å². The molecule has 0 unspecified atom stereocenters. The first-order valence-corrected chi connectivity index (χ1v) is 23.8. The van der Waals surface area contributed by atoms with Crippen LogP contribution in [0.2, 0.25) is 0 Å². The van der Waals surface area contributed by atoms with E-state index in [1.807, 2.05) is 24.3 Å². The van der Waals surface area contributed by atoms with Gasteiger partial charge in [-0.2, -0.15) is 0 Å². The predicted molar refractivity (Wildman–Crippen MR) is 291 cm³/mol. The molecule has 0 spiro atoms. The maximum Gasteiger partial charge on any atom is 0.164 e. The van der Waals surface area contributed by atoms with E-state index in [0.717, 1.165) is 82.6 Å². The van der Waals surface area contributed by atoms with Gasteiger partial charge in [0.25, 0.3) is 0 Å². The molecule has 0 saturated carbocycles. The van der Waals surface area contributed by atoms with Crippen LogP contribution in [0.5, 0.6) is 0 Å². The second-order valence-corrected chi connectivity index (χ2v) is 18.3. The molecule has 12 aromatic carbocycles. The minimum Gasteiger partial charge on any atom is -0.456 e. The summed E-state index contributed by atoms with van der Waals surface area (Å²) in [6, 6.07) is 82.3. The van der Waals surface area contributed by atoms with Crippen molar-refractivity contribution in [3.63, 3.8) is 0 Å². The Hall–Kier alpha value is -9.45. The molecular formula is C65H38N4O. The minimum absolute atomic E-state index is 0.585. The van der Waals surface area contributed by atoms with Crippen molar-refractivity contribution in [2.75, 3.05) is 0 Å². The van der Waals surface area contributed by atoms with Gasteiger partial charge < -0.3 is 8.98 Å². The molecular weight excluding hydrogens is 853 g/mol. The van der Waals surface area contributed by atoms with E-state index >= 15 is 0 Å². The quantitative estimate of drug-likeness (QED) is 0.162. The first kappa shape index (κ1) is 38.6. The SMILES string of the molecule is c1ccc(-c2nc(-c3ccc(-n4c5ccccc5c5cc6ccccc6cc54)c(-c4c5ccccc5cc5oc6ccccc6c45)c3)nc(-c3ccc4c5ccccc5c5ccccc5c4c3)n2)cc1. The van der Waals surface area contributed by atoms with E-state index in [9.17, 15) is 0 Å². The standard InChI is InChI=1S/C65H38N4O/c1-2-16-39(17-3-1)63-66-64(43-30-32-50-48-24-9-8-22-46(48)47-23-10-11-25-49(47)53(50)35-43)68-65(67-63)44-31-33-57(69-56-28-14-12-26-51(56)54-34-40-18-4-5-19-41(40)37-58(54)69)55(36-44)61-45-21-7-6-20-42(45)38-60-62(61)52-27-13-15-29-59(52)70-60/h1-38H. The molecule has 324 valence electrons. The third kappa shape index (κ3) is 5.82. The van der Waals surface area contributed by atoms with E-state index in [-0.39, 0.29) is 0 Å². The van der Waals surface area contributed by atoms with Gasteiger partial charge in [-0.05, 0) is 108 Å². The molecule has 0 atom stereocenters. The second kappa shape index (κ2) is 15.0. The number of fused-ring (bicyclic) bond motifs is 14. The fraction of sp³-hybridized carbons (Fsp3) is 0. The van der Waals surface area contributed by atoms with Gasteiger partial charge in [0, 0.05) is 49.4 Å². The van der Waals surface area contributed by atoms with Crippen molar-refractivity contribution >= 4 is 97.6 Å². The van der Waals surface area contributed by atoms with Crippen molar-refractivity contribution in [3.8, 4) is 51.0 Å². The zero-order valence-corrected chi connectivity index (χ0v) is 37.6. The van der Waals surface area contributed by atoms with Crippen molar-refractivity contribution in [3.05, 3.63) is 231 Å². The Kier molecular flexibility index (Phi) is 8.29. The molecule has 5 nitrogen and oxygen atoms in total. The Labute approximate surface area is 401 Å². The monoisotopic (exact) mass is 890 g/mol. The van der Waals surface area contributed by atoms with Crippen molar-refractivity contribution in [1.82, 2.24) is 19.5 Å². The van der Waals surface area contributed by atoms with E-state index in [0.29, 0.717) is 17.5 Å². The zero-order chi connectivity index (χ0) is 45.9. The smallest absolute Gasteiger partial charge is 0.164 e. The third-order valence-electron chi connectivity index (χ3n) is 14.4. The molecule has 3 aromatic heterocycles. The first-order chi connectivity index (χ1) is 34.7. The van der Waals surface area contributed by atoms with Crippen molar-refractivity contribution in [2.24, 2.45) is 0 Å². The second-order valence-electron chi connectivity index (χ2n) is 18.3. The molecule has 0 N–H and O–H groups in total. The van der Waals surface area contributed by atoms with Crippen LogP contribution < -0.4 is 0 Å². The Morgan fingerprint density at radius 2 is 0.829 bits per heavy atom. The number of benzene rings is 12. The number of para-hydroxylation sites is 2. The molecule has 0 fully saturated rings. The number of aromatic nitrogens is 4. The molecule has 15 rings (SSSR count). The molecule has 0 aliphatic rings. The maximum absolute atomic E-state index is 6.73. The van der Waals surface area contributed by atoms with Crippen LogP contribution in [0.25, 0.3) is 149 Å². The van der Waals surface area contributed by atoms with E-state index in [2.05, 4.69) is 211 Å². The summed E-state index contributed by atoms with van der Waals surface area (Å²) < 4.78 is 9.18. The van der Waals surface area contributed by atoms with Crippen LogP contribution in [0.3, 0.4) is 0 Å². The highest BCUT2D eigenvalue weighted by Crippen LogP contribution is 2.47. The first-order valence-electron chi connectivity index (χ1n) is 23.8. The van der Waals surface area contributed by atoms with Crippen molar-refractivity contribution < 1.29 is 4.42 Å². The molecule has 0 amide bonds. The van der Waals surface area contributed by atoms with Gasteiger partial charge in [-0.15, -0.1) is 0 Å². The van der Waals surface area contributed by atoms with Gasteiger partial charge in [0.05, 0.1) is 16.7 Å². The zero-order valence-electron chi connectivity index (χ0n) is 37.6. The summed E-state index contributed by atoms with van der Waals surface area (Å²) in [6.07, 6.45) is 0. The summed E-state index contributed by atoms with van der Waals surface area (Å²) in [7, 11) is 0. The van der Waals surface area contributed by atoms with Crippen LogP contribution in [0, 0.1) is 0 Å². The molecule has 0 aliphatic carbocycles. The molecule has 3 heterocycles. The van der Waals surface area contributed by atoms with Crippen molar-refractivity contribution in [1.29, 1.82) is 0 Å². The molecule has 5 heteroatoms. The lowest BCUT2D eigenvalue weighted by Crippen LogP contribution is -2.02. The summed E-state index contributed by atoms with van der Waals surface area (Å²) in [4.78, 5) is 16.0. The van der Waals surface area contributed by atoms with Gasteiger partial charge in [-0.25, -0.2) is 15.0 Å². The summed E-state index contributed by atoms with van der Waals surface area (Å²) in [5.74, 6) is 1.80. The van der Waals surface area contributed by atoms with Crippen LogP contribution in [-0.2, 0) is 0 Å². The van der Waals surface area contributed by atoms with Crippen LogP contribution in [0.4, 0.5) is 0 Å². The highest BCUT2D eigenvalue weighted by molar-refractivity contribution is 6.26. The van der Waals surface area contributed by atoms with Crippen LogP contribution in [0.1, 0.15) is 0 Å².